The average Bonchev–Trinajstić information content (AvgIpc) is 2.37. The number of hydrogen-bond donors (Lipinski definition) is 2. The molecule has 1 heterocycles. The molecule has 0 spiro atoms. The largest absolute Gasteiger partial charge is 0.398 e. The molecule has 0 aliphatic carbocycles. The van der Waals surface area contributed by atoms with Gasteiger partial charge < -0.3 is 5.73 Å². The summed E-state index contributed by atoms with van der Waals surface area (Å²) in [5.74, 6) is -0.0821. The molecule has 2 rings (SSSR count). The molecular weight excluding hydrogens is 306 g/mol. The third kappa shape index (κ3) is 3.28. The summed E-state index contributed by atoms with van der Waals surface area (Å²) in [6, 6.07) is 6.00. The monoisotopic (exact) mass is 325 g/mol. The molecule has 1 aliphatic rings. The van der Waals surface area contributed by atoms with Crippen molar-refractivity contribution in [3.05, 3.63) is 28.2 Å². The van der Waals surface area contributed by atoms with Crippen LogP contribution in [0.2, 0.25) is 0 Å². The highest BCUT2D eigenvalue weighted by atomic mass is 79.9. The van der Waals surface area contributed by atoms with Crippen LogP contribution >= 0.6 is 15.9 Å². The van der Waals surface area contributed by atoms with Crippen molar-refractivity contribution in [1.29, 1.82) is 0 Å². The fourth-order valence-electron chi connectivity index (χ4n) is 2.49. The number of nitrogens with one attached hydrogen (secondary N) is 1. The number of carbonyl (C=O) groups excluding carboxylic acids is 1. The van der Waals surface area contributed by atoms with Crippen LogP contribution in [0.25, 0.3) is 0 Å². The number of nitrogen functional groups attached to an aromatic ring is 1. The lowest BCUT2D eigenvalue weighted by molar-refractivity contribution is 0.0370. The standard InChI is InChI=1S/C14H20BrN3O/c1-9-4-3-5-10(2)18(9)17-14(19)11-6-7-13(16)12(15)8-11/h6-10H,3-5,16H2,1-2H3,(H,17,19). The summed E-state index contributed by atoms with van der Waals surface area (Å²) >= 11 is 3.34. The van der Waals surface area contributed by atoms with Crippen LogP contribution in [0.15, 0.2) is 22.7 Å². The minimum Gasteiger partial charge on any atom is -0.398 e. The lowest BCUT2D eigenvalue weighted by Crippen LogP contribution is -2.54. The number of piperidine rings is 1. The van der Waals surface area contributed by atoms with Crippen molar-refractivity contribution in [3.63, 3.8) is 0 Å². The van der Waals surface area contributed by atoms with E-state index >= 15 is 0 Å². The van der Waals surface area contributed by atoms with Crippen molar-refractivity contribution < 1.29 is 4.79 Å². The van der Waals surface area contributed by atoms with Crippen LogP contribution in [0.1, 0.15) is 43.5 Å². The smallest absolute Gasteiger partial charge is 0.265 e. The van der Waals surface area contributed by atoms with Crippen molar-refractivity contribution in [3.8, 4) is 0 Å². The predicted octanol–water partition coefficient (Wildman–Crippen LogP) is 2.94. The average molecular weight is 326 g/mol. The quantitative estimate of drug-likeness (QED) is 0.822. The molecule has 4 nitrogen and oxygen atoms in total. The number of carbonyl (C=O) groups is 1. The van der Waals surface area contributed by atoms with Crippen molar-refractivity contribution in [2.45, 2.75) is 45.2 Å². The van der Waals surface area contributed by atoms with E-state index < -0.39 is 0 Å². The molecule has 1 aliphatic heterocycles. The highest BCUT2D eigenvalue weighted by molar-refractivity contribution is 9.10. The molecule has 3 N–H and O–H groups in total. The Morgan fingerprint density at radius 2 is 2.00 bits per heavy atom. The molecule has 0 bridgehead atoms. The van der Waals surface area contributed by atoms with Crippen LogP contribution in [0, 0.1) is 0 Å². The third-order valence-corrected chi connectivity index (χ3v) is 4.37. The molecule has 1 saturated heterocycles. The molecule has 19 heavy (non-hydrogen) atoms. The summed E-state index contributed by atoms with van der Waals surface area (Å²) in [4.78, 5) is 12.3. The Hall–Kier alpha value is -1.07. The van der Waals surface area contributed by atoms with Crippen LogP contribution < -0.4 is 11.2 Å². The Kier molecular flexibility index (Phi) is 4.47. The number of benzene rings is 1. The van der Waals surface area contributed by atoms with Crippen LogP contribution in [0.5, 0.6) is 0 Å². The molecular formula is C14H20BrN3O. The molecule has 1 aromatic carbocycles. The number of nitrogens with two attached hydrogens (primary N) is 1. The van der Waals surface area contributed by atoms with Crippen LogP contribution in [0.4, 0.5) is 5.69 Å². The number of rotatable bonds is 2. The van der Waals surface area contributed by atoms with Crippen molar-refractivity contribution >= 4 is 27.5 Å². The number of amides is 1. The van der Waals surface area contributed by atoms with E-state index in [1.54, 1.807) is 18.2 Å². The molecule has 5 heteroatoms. The summed E-state index contributed by atoms with van der Waals surface area (Å²) < 4.78 is 0.750. The second-order valence-corrected chi connectivity index (χ2v) is 6.07. The normalized spacial score (nSPS) is 24.2. The predicted molar refractivity (Wildman–Crippen MR) is 80.6 cm³/mol. The highest BCUT2D eigenvalue weighted by Crippen LogP contribution is 2.22. The summed E-state index contributed by atoms with van der Waals surface area (Å²) in [7, 11) is 0. The second-order valence-electron chi connectivity index (χ2n) is 5.21. The lowest BCUT2D eigenvalue weighted by Gasteiger charge is -2.38. The molecule has 2 atom stereocenters. The summed E-state index contributed by atoms with van der Waals surface area (Å²) in [5.41, 5.74) is 9.99. The maximum atomic E-state index is 12.3. The van der Waals surface area contributed by atoms with Gasteiger partial charge in [-0.05, 0) is 60.8 Å². The first kappa shape index (κ1) is 14.3. The SMILES string of the molecule is CC1CCCC(C)N1NC(=O)c1ccc(N)c(Br)c1. The zero-order chi connectivity index (χ0) is 14.0. The summed E-state index contributed by atoms with van der Waals surface area (Å²) in [6.45, 7) is 4.30. The van der Waals surface area contributed by atoms with Gasteiger partial charge in [-0.3, -0.25) is 10.2 Å². The Bertz CT molecular complexity index is 468. The topological polar surface area (TPSA) is 58.4 Å². The minimum atomic E-state index is -0.0821. The van der Waals surface area contributed by atoms with Gasteiger partial charge in [-0.1, -0.05) is 6.42 Å². The van der Waals surface area contributed by atoms with E-state index in [9.17, 15) is 4.79 Å². The van der Waals surface area contributed by atoms with Crippen LogP contribution in [-0.2, 0) is 0 Å². The Balaban J connectivity index is 2.09. The van der Waals surface area contributed by atoms with Gasteiger partial charge in [-0.15, -0.1) is 0 Å². The van der Waals surface area contributed by atoms with E-state index in [2.05, 4.69) is 40.2 Å². The van der Waals surface area contributed by atoms with Gasteiger partial charge in [0, 0.05) is 27.8 Å². The van der Waals surface area contributed by atoms with E-state index in [0.717, 1.165) is 17.3 Å². The fraction of sp³-hybridized carbons (Fsp3) is 0.500. The summed E-state index contributed by atoms with van der Waals surface area (Å²) in [5, 5.41) is 2.07. The van der Waals surface area contributed by atoms with Crippen molar-refractivity contribution in [2.75, 3.05) is 5.73 Å². The van der Waals surface area contributed by atoms with Crippen molar-refractivity contribution in [2.24, 2.45) is 0 Å². The van der Waals surface area contributed by atoms with E-state index in [4.69, 9.17) is 5.73 Å². The molecule has 2 unspecified atom stereocenters. The molecule has 1 aromatic rings. The van der Waals surface area contributed by atoms with Gasteiger partial charge in [0.1, 0.15) is 0 Å². The van der Waals surface area contributed by atoms with Gasteiger partial charge in [-0.25, -0.2) is 5.01 Å². The van der Waals surface area contributed by atoms with E-state index in [0.29, 0.717) is 23.3 Å². The Morgan fingerprint density at radius 1 is 1.37 bits per heavy atom. The van der Waals surface area contributed by atoms with E-state index in [1.165, 1.54) is 6.42 Å². The van der Waals surface area contributed by atoms with Gasteiger partial charge in [0.25, 0.3) is 5.91 Å². The Labute approximate surface area is 122 Å². The first-order valence-corrected chi connectivity index (χ1v) is 7.42. The number of hydrazine groups is 1. The third-order valence-electron chi connectivity index (χ3n) is 3.69. The second kappa shape index (κ2) is 5.92. The van der Waals surface area contributed by atoms with Gasteiger partial charge >= 0.3 is 0 Å². The van der Waals surface area contributed by atoms with Crippen molar-refractivity contribution in [1.82, 2.24) is 10.4 Å². The van der Waals surface area contributed by atoms with Crippen LogP contribution in [0.3, 0.4) is 0 Å². The molecule has 0 radical (unpaired) electrons. The zero-order valence-electron chi connectivity index (χ0n) is 11.3. The number of anilines is 1. The number of nitrogens with zero attached hydrogens (tertiary/aromatic N) is 1. The van der Waals surface area contributed by atoms with Gasteiger partial charge in [-0.2, -0.15) is 0 Å². The van der Waals surface area contributed by atoms with Gasteiger partial charge in [0.05, 0.1) is 0 Å². The molecule has 0 aromatic heterocycles. The molecule has 1 amide bonds. The first-order chi connectivity index (χ1) is 8.99. The molecule has 1 fully saturated rings. The zero-order valence-corrected chi connectivity index (χ0v) is 12.9. The lowest BCUT2D eigenvalue weighted by atomic mass is 10.00. The highest BCUT2D eigenvalue weighted by Gasteiger charge is 2.26. The van der Waals surface area contributed by atoms with Gasteiger partial charge in [0.15, 0.2) is 0 Å². The first-order valence-electron chi connectivity index (χ1n) is 6.63. The molecule has 104 valence electrons. The van der Waals surface area contributed by atoms with E-state index in [-0.39, 0.29) is 5.91 Å². The number of hydrogen-bond acceptors (Lipinski definition) is 3. The van der Waals surface area contributed by atoms with Crippen LogP contribution in [-0.4, -0.2) is 23.0 Å². The van der Waals surface area contributed by atoms with E-state index in [1.807, 2.05) is 0 Å². The molecule has 0 saturated carbocycles. The maximum Gasteiger partial charge on any atom is 0.265 e. The minimum absolute atomic E-state index is 0.0821. The summed E-state index contributed by atoms with van der Waals surface area (Å²) in [6.07, 6.45) is 3.47. The van der Waals surface area contributed by atoms with Gasteiger partial charge in [0.2, 0.25) is 0 Å². The number of halogens is 1. The maximum absolute atomic E-state index is 12.3. The Morgan fingerprint density at radius 3 is 2.58 bits per heavy atom. The fourth-order valence-corrected chi connectivity index (χ4v) is 2.87.